The van der Waals surface area contributed by atoms with Crippen molar-refractivity contribution in [3.63, 3.8) is 0 Å². The van der Waals surface area contributed by atoms with E-state index in [-0.39, 0.29) is 12.0 Å². The van der Waals surface area contributed by atoms with Gasteiger partial charge in [0.1, 0.15) is 11.9 Å². The fraction of sp³-hybridized carbons (Fsp3) is 0.667. The molecule has 1 aromatic rings. The smallest absolute Gasteiger partial charge is 0.326 e. The Labute approximate surface area is 131 Å². The van der Waals surface area contributed by atoms with Crippen molar-refractivity contribution in [3.8, 4) is 0 Å². The Balaban J connectivity index is 2.47. The number of nitrogens with one attached hydrogen (secondary N) is 1. The Kier molecular flexibility index (Phi) is 7.67. The number of ether oxygens (including phenoxy) is 1. The molecule has 6 heteroatoms. The van der Waals surface area contributed by atoms with E-state index >= 15 is 0 Å². The molecule has 5 nitrogen and oxygen atoms in total. The summed E-state index contributed by atoms with van der Waals surface area (Å²) in [6.07, 6.45) is 4.93. The highest BCUT2D eigenvalue weighted by Crippen LogP contribution is 2.21. The molecular weight excluding hydrogens is 286 g/mol. The van der Waals surface area contributed by atoms with Crippen LogP contribution < -0.4 is 5.32 Å². The number of hydrogen-bond acceptors (Lipinski definition) is 6. The topological polar surface area (TPSA) is 64.1 Å². The molecule has 0 saturated heterocycles. The van der Waals surface area contributed by atoms with Crippen LogP contribution in [0, 0.1) is 0 Å². The predicted molar refractivity (Wildman–Crippen MR) is 85.3 cm³/mol. The largest absolute Gasteiger partial charge is 0.465 e. The molecule has 21 heavy (non-hydrogen) atoms. The van der Waals surface area contributed by atoms with Crippen molar-refractivity contribution in [2.24, 2.45) is 0 Å². The van der Waals surface area contributed by atoms with E-state index in [1.807, 2.05) is 33.8 Å². The molecule has 0 aliphatic carbocycles. The lowest BCUT2D eigenvalue weighted by atomic mass is 9.95. The van der Waals surface area contributed by atoms with Crippen molar-refractivity contribution < 1.29 is 9.53 Å². The summed E-state index contributed by atoms with van der Waals surface area (Å²) in [5, 5.41) is 4.29. The number of carbonyl (C=O) groups is 1. The predicted octanol–water partition coefficient (Wildman–Crippen LogP) is 2.67. The quantitative estimate of drug-likeness (QED) is 0.327. The van der Waals surface area contributed by atoms with Gasteiger partial charge in [0.05, 0.1) is 11.6 Å². The minimum Gasteiger partial charge on any atom is -0.465 e. The molecule has 0 aliphatic rings. The number of esters is 1. The van der Waals surface area contributed by atoms with Crippen LogP contribution in [-0.4, -0.2) is 39.9 Å². The van der Waals surface area contributed by atoms with Gasteiger partial charge in [-0.05, 0) is 52.4 Å². The number of thioether (sulfide) groups is 1. The van der Waals surface area contributed by atoms with Crippen LogP contribution in [0.25, 0.3) is 0 Å². The molecule has 0 aromatic carbocycles. The maximum Gasteiger partial charge on any atom is 0.326 e. The Bertz CT molecular complexity index is 428. The van der Waals surface area contributed by atoms with Gasteiger partial charge < -0.3 is 4.74 Å². The highest BCUT2D eigenvalue weighted by atomic mass is 32.2. The molecule has 1 atom stereocenters. The molecule has 1 unspecified atom stereocenters. The number of rotatable bonds is 9. The van der Waals surface area contributed by atoms with Crippen molar-refractivity contribution in [1.82, 2.24) is 15.3 Å². The second kappa shape index (κ2) is 9.00. The van der Waals surface area contributed by atoms with Crippen molar-refractivity contribution in [2.45, 2.75) is 57.1 Å². The molecule has 0 radical (unpaired) electrons. The van der Waals surface area contributed by atoms with E-state index in [0.717, 1.165) is 23.6 Å². The maximum absolute atomic E-state index is 12.2. The Morgan fingerprint density at radius 1 is 1.52 bits per heavy atom. The Morgan fingerprint density at radius 3 is 2.86 bits per heavy atom. The molecule has 1 heterocycles. The van der Waals surface area contributed by atoms with Crippen LogP contribution in [0.4, 0.5) is 0 Å². The molecule has 118 valence electrons. The molecule has 0 aliphatic heterocycles. The zero-order chi connectivity index (χ0) is 15.7. The molecule has 0 spiro atoms. The van der Waals surface area contributed by atoms with Crippen LogP contribution >= 0.6 is 11.8 Å². The van der Waals surface area contributed by atoms with E-state index in [1.165, 1.54) is 0 Å². The summed E-state index contributed by atoms with van der Waals surface area (Å²) >= 11 is 1.67. The monoisotopic (exact) mass is 311 g/mol. The average molecular weight is 311 g/mol. The highest BCUT2D eigenvalue weighted by Gasteiger charge is 2.34. The summed E-state index contributed by atoms with van der Waals surface area (Å²) in [4.78, 5) is 20.2. The maximum atomic E-state index is 12.2. The van der Waals surface area contributed by atoms with Gasteiger partial charge in [-0.25, -0.2) is 9.97 Å². The van der Waals surface area contributed by atoms with Gasteiger partial charge in [-0.2, -0.15) is 0 Å². The zero-order valence-corrected chi connectivity index (χ0v) is 14.1. The van der Waals surface area contributed by atoms with Crippen LogP contribution in [0.3, 0.4) is 0 Å². The molecular formula is C15H25N3O2S. The molecule has 0 saturated carbocycles. The van der Waals surface area contributed by atoms with E-state index in [1.54, 1.807) is 24.3 Å². The van der Waals surface area contributed by atoms with E-state index in [0.29, 0.717) is 6.61 Å². The third-order valence-corrected chi connectivity index (χ3v) is 3.99. The van der Waals surface area contributed by atoms with Crippen molar-refractivity contribution in [1.29, 1.82) is 0 Å². The normalized spacial score (nSPS) is 14.0. The first kappa shape index (κ1) is 17.9. The first-order chi connectivity index (χ1) is 9.98. The average Bonchev–Trinajstić information content (AvgIpc) is 2.44. The van der Waals surface area contributed by atoms with Gasteiger partial charge in [0.2, 0.25) is 0 Å². The van der Waals surface area contributed by atoms with Gasteiger partial charge in [-0.3, -0.25) is 10.1 Å². The fourth-order valence-electron chi connectivity index (χ4n) is 2.13. The molecule has 1 N–H and O–H groups in total. The van der Waals surface area contributed by atoms with E-state index in [4.69, 9.17) is 4.74 Å². The summed E-state index contributed by atoms with van der Waals surface area (Å²) in [5.41, 5.74) is -0.629. The fourth-order valence-corrected chi connectivity index (χ4v) is 2.90. The summed E-state index contributed by atoms with van der Waals surface area (Å²) in [7, 11) is 0. The van der Waals surface area contributed by atoms with Gasteiger partial charge in [0.15, 0.2) is 0 Å². The van der Waals surface area contributed by atoms with Crippen LogP contribution in [-0.2, 0) is 9.53 Å². The van der Waals surface area contributed by atoms with Crippen molar-refractivity contribution >= 4 is 17.7 Å². The SMILES string of the molecule is CCOC(=O)C(C)(CCCSc1ccncn1)NC(C)C. The van der Waals surface area contributed by atoms with Gasteiger partial charge in [-0.1, -0.05) is 0 Å². The first-order valence-electron chi connectivity index (χ1n) is 7.31. The molecule has 0 fully saturated rings. The molecule has 0 bridgehead atoms. The summed E-state index contributed by atoms with van der Waals surface area (Å²) in [6.45, 7) is 8.23. The van der Waals surface area contributed by atoms with E-state index < -0.39 is 5.54 Å². The van der Waals surface area contributed by atoms with Gasteiger partial charge in [0, 0.05) is 12.2 Å². The molecule has 1 aromatic heterocycles. The third kappa shape index (κ3) is 6.44. The standard InChI is InChI=1S/C15H25N3O2S/c1-5-20-14(19)15(4,18-12(2)3)8-6-10-21-13-7-9-16-11-17-13/h7,9,11-12,18H,5-6,8,10H2,1-4H3. The minimum atomic E-state index is -0.629. The Morgan fingerprint density at radius 2 is 2.29 bits per heavy atom. The minimum absolute atomic E-state index is 0.175. The lowest BCUT2D eigenvalue weighted by molar-refractivity contribution is -0.151. The first-order valence-corrected chi connectivity index (χ1v) is 8.30. The number of carbonyl (C=O) groups excluding carboxylic acids is 1. The summed E-state index contributed by atoms with van der Waals surface area (Å²) < 4.78 is 5.19. The van der Waals surface area contributed by atoms with Crippen LogP contribution in [0.15, 0.2) is 23.6 Å². The van der Waals surface area contributed by atoms with Gasteiger partial charge in [-0.15, -0.1) is 11.8 Å². The second-order valence-corrected chi connectivity index (χ2v) is 6.47. The number of hydrogen-bond donors (Lipinski definition) is 1. The lowest BCUT2D eigenvalue weighted by Crippen LogP contribution is -2.53. The van der Waals surface area contributed by atoms with Crippen LogP contribution in [0.1, 0.15) is 40.5 Å². The second-order valence-electron chi connectivity index (χ2n) is 5.35. The van der Waals surface area contributed by atoms with Crippen molar-refractivity contribution in [2.75, 3.05) is 12.4 Å². The van der Waals surface area contributed by atoms with Crippen LogP contribution in [0.5, 0.6) is 0 Å². The van der Waals surface area contributed by atoms with E-state index in [9.17, 15) is 4.79 Å². The van der Waals surface area contributed by atoms with E-state index in [2.05, 4.69) is 15.3 Å². The van der Waals surface area contributed by atoms with Gasteiger partial charge in [0.25, 0.3) is 0 Å². The number of aromatic nitrogens is 2. The molecule has 1 rings (SSSR count). The lowest BCUT2D eigenvalue weighted by Gasteiger charge is -2.30. The Hall–Kier alpha value is -1.14. The summed E-state index contributed by atoms with van der Waals surface area (Å²) in [5.74, 6) is 0.733. The van der Waals surface area contributed by atoms with Gasteiger partial charge >= 0.3 is 5.97 Å². The molecule has 0 amide bonds. The number of nitrogens with zero attached hydrogens (tertiary/aromatic N) is 2. The third-order valence-electron chi connectivity index (χ3n) is 2.96. The zero-order valence-electron chi connectivity index (χ0n) is 13.3. The highest BCUT2D eigenvalue weighted by molar-refractivity contribution is 7.99. The summed E-state index contributed by atoms with van der Waals surface area (Å²) in [6, 6.07) is 2.12. The van der Waals surface area contributed by atoms with Crippen molar-refractivity contribution in [3.05, 3.63) is 18.6 Å². The van der Waals surface area contributed by atoms with Crippen LogP contribution in [0.2, 0.25) is 0 Å².